The molecule has 0 unspecified atom stereocenters. The summed E-state index contributed by atoms with van der Waals surface area (Å²) in [5.41, 5.74) is 1.22. The summed E-state index contributed by atoms with van der Waals surface area (Å²) in [4.78, 5) is 23.6. The fourth-order valence-corrected chi connectivity index (χ4v) is 2.56. The van der Waals surface area contributed by atoms with Crippen LogP contribution in [0.15, 0.2) is 35.3 Å². The van der Waals surface area contributed by atoms with Gasteiger partial charge >= 0.3 is 5.97 Å². The van der Waals surface area contributed by atoms with Gasteiger partial charge in [-0.1, -0.05) is 18.2 Å². The molecule has 0 aliphatic rings. The topological polar surface area (TPSA) is 64.2 Å². The highest BCUT2D eigenvalue weighted by Gasteiger charge is 2.19. The Kier molecular flexibility index (Phi) is 2.25. The number of pyridine rings is 1. The molecule has 0 radical (unpaired) electrons. The van der Waals surface area contributed by atoms with Crippen molar-refractivity contribution in [1.29, 1.82) is 0 Å². The number of carboxylic acids is 1. The van der Waals surface area contributed by atoms with Gasteiger partial charge in [-0.3, -0.25) is 4.79 Å². The number of rotatable bonds is 1. The molecule has 5 nitrogen and oxygen atoms in total. The number of carbonyl (C=O) groups is 1. The number of aryl methyl sites for hydroxylation is 2. The van der Waals surface area contributed by atoms with Gasteiger partial charge < -0.3 is 14.2 Å². The number of aromatic nitrogens is 2. The van der Waals surface area contributed by atoms with Crippen molar-refractivity contribution in [3.05, 3.63) is 46.4 Å². The van der Waals surface area contributed by atoms with Crippen LogP contribution < -0.4 is 5.56 Å². The first-order valence-corrected chi connectivity index (χ1v) is 5.82. The minimum Gasteiger partial charge on any atom is -0.478 e. The minimum atomic E-state index is -1.03. The quantitative estimate of drug-likeness (QED) is 0.721. The number of nitrogens with zero attached hydrogens (tertiary/aromatic N) is 2. The minimum absolute atomic E-state index is 0.147. The summed E-state index contributed by atoms with van der Waals surface area (Å²) in [6.45, 7) is 0. The predicted octanol–water partition coefficient (Wildman–Crippen LogP) is 1.73. The molecular formula is C14H12N2O3. The van der Waals surface area contributed by atoms with Gasteiger partial charge in [-0.15, -0.1) is 0 Å². The second kappa shape index (κ2) is 3.71. The third-order valence-electron chi connectivity index (χ3n) is 3.45. The first-order valence-electron chi connectivity index (χ1n) is 5.82. The van der Waals surface area contributed by atoms with Crippen LogP contribution in [0.1, 0.15) is 10.4 Å². The van der Waals surface area contributed by atoms with Gasteiger partial charge in [0.25, 0.3) is 5.56 Å². The van der Waals surface area contributed by atoms with E-state index in [1.165, 1.54) is 10.8 Å². The number of carboxylic acid groups (broad SMARTS) is 1. The monoisotopic (exact) mass is 256 g/mol. The molecule has 3 rings (SSSR count). The number of para-hydroxylation sites is 1. The van der Waals surface area contributed by atoms with Crippen molar-refractivity contribution < 1.29 is 9.90 Å². The largest absolute Gasteiger partial charge is 0.478 e. The van der Waals surface area contributed by atoms with E-state index in [9.17, 15) is 14.7 Å². The number of aromatic carboxylic acids is 1. The molecule has 5 heteroatoms. The van der Waals surface area contributed by atoms with E-state index in [1.807, 2.05) is 24.3 Å². The Morgan fingerprint density at radius 1 is 1.21 bits per heavy atom. The molecule has 0 spiro atoms. The summed E-state index contributed by atoms with van der Waals surface area (Å²) < 4.78 is 3.06. The predicted molar refractivity (Wildman–Crippen MR) is 72.6 cm³/mol. The van der Waals surface area contributed by atoms with Gasteiger partial charge in [0.2, 0.25) is 0 Å². The van der Waals surface area contributed by atoms with Gasteiger partial charge in [0.05, 0.1) is 5.56 Å². The van der Waals surface area contributed by atoms with Gasteiger partial charge in [-0.25, -0.2) is 4.79 Å². The van der Waals surface area contributed by atoms with Crippen molar-refractivity contribution >= 4 is 27.8 Å². The molecule has 0 fully saturated rings. The van der Waals surface area contributed by atoms with E-state index in [-0.39, 0.29) is 11.1 Å². The Labute approximate surface area is 108 Å². The Balaban J connectivity index is 2.74. The molecule has 0 aliphatic heterocycles. The molecule has 0 saturated heterocycles. The molecule has 3 aromatic rings. The Hall–Kier alpha value is -2.56. The Bertz CT molecular complexity index is 887. The van der Waals surface area contributed by atoms with Crippen molar-refractivity contribution in [2.75, 3.05) is 0 Å². The lowest BCUT2D eigenvalue weighted by atomic mass is 10.1. The van der Waals surface area contributed by atoms with Crippen LogP contribution in [-0.2, 0) is 14.1 Å². The summed E-state index contributed by atoms with van der Waals surface area (Å²) in [6, 6.07) is 7.42. The van der Waals surface area contributed by atoms with Crippen LogP contribution in [-0.4, -0.2) is 20.2 Å². The molecule has 0 aliphatic carbocycles. The molecule has 2 aromatic heterocycles. The lowest BCUT2D eigenvalue weighted by molar-refractivity contribution is 0.0698. The van der Waals surface area contributed by atoms with E-state index in [0.29, 0.717) is 10.9 Å². The van der Waals surface area contributed by atoms with Crippen LogP contribution in [0.3, 0.4) is 0 Å². The van der Waals surface area contributed by atoms with Gasteiger partial charge in [0.15, 0.2) is 0 Å². The van der Waals surface area contributed by atoms with Crippen molar-refractivity contribution in [2.45, 2.75) is 0 Å². The van der Waals surface area contributed by atoms with Gasteiger partial charge in [-0.05, 0) is 6.07 Å². The van der Waals surface area contributed by atoms with Gasteiger partial charge in [0.1, 0.15) is 5.52 Å². The standard InChI is InChI=1S/C14H12N2O3/c1-15-7-9(14(18)19)11-8-5-3-4-6-10(8)16(2)12(11)13(15)17/h3-7H,1-2H3,(H,18,19). The molecule has 2 heterocycles. The smallest absolute Gasteiger partial charge is 0.337 e. The first-order chi connectivity index (χ1) is 9.02. The second-order valence-electron chi connectivity index (χ2n) is 4.56. The normalized spacial score (nSPS) is 11.3. The summed E-state index contributed by atoms with van der Waals surface area (Å²) in [6.07, 6.45) is 1.37. The maximum absolute atomic E-state index is 12.2. The zero-order valence-electron chi connectivity index (χ0n) is 10.5. The molecule has 0 atom stereocenters. The summed E-state index contributed by atoms with van der Waals surface area (Å²) >= 11 is 0. The third-order valence-corrected chi connectivity index (χ3v) is 3.45. The van der Waals surface area contributed by atoms with Crippen molar-refractivity contribution in [3.63, 3.8) is 0 Å². The fraction of sp³-hybridized carbons (Fsp3) is 0.143. The lowest BCUT2D eigenvalue weighted by Crippen LogP contribution is -2.20. The zero-order valence-corrected chi connectivity index (χ0v) is 10.5. The average Bonchev–Trinajstić information content (AvgIpc) is 2.68. The molecule has 1 N–H and O–H groups in total. The van der Waals surface area contributed by atoms with Crippen LogP contribution >= 0.6 is 0 Å². The van der Waals surface area contributed by atoms with E-state index >= 15 is 0 Å². The molecule has 0 saturated carbocycles. The van der Waals surface area contributed by atoms with Crippen LogP contribution in [0.5, 0.6) is 0 Å². The first kappa shape index (κ1) is 11.5. The Morgan fingerprint density at radius 3 is 2.58 bits per heavy atom. The molecular weight excluding hydrogens is 244 g/mol. The molecule has 0 amide bonds. The van der Waals surface area contributed by atoms with Crippen LogP contribution in [0, 0.1) is 0 Å². The summed E-state index contributed by atoms with van der Waals surface area (Å²) in [5.74, 6) is -1.03. The van der Waals surface area contributed by atoms with E-state index in [4.69, 9.17) is 0 Å². The summed E-state index contributed by atoms with van der Waals surface area (Å²) in [7, 11) is 3.34. The highest BCUT2D eigenvalue weighted by molar-refractivity contribution is 6.16. The van der Waals surface area contributed by atoms with E-state index in [1.54, 1.807) is 18.7 Å². The fourth-order valence-electron chi connectivity index (χ4n) is 2.56. The van der Waals surface area contributed by atoms with Gasteiger partial charge in [-0.2, -0.15) is 0 Å². The van der Waals surface area contributed by atoms with Crippen molar-refractivity contribution in [2.24, 2.45) is 14.1 Å². The SMILES string of the molecule is Cn1cc(C(=O)O)c2c3ccccc3n(C)c2c1=O. The maximum Gasteiger partial charge on any atom is 0.337 e. The molecule has 1 aromatic carbocycles. The van der Waals surface area contributed by atoms with Gasteiger partial charge in [0, 0.05) is 36.6 Å². The van der Waals surface area contributed by atoms with Crippen molar-refractivity contribution in [1.82, 2.24) is 9.13 Å². The van der Waals surface area contributed by atoms with Crippen molar-refractivity contribution in [3.8, 4) is 0 Å². The van der Waals surface area contributed by atoms with Crippen LogP contribution in [0.2, 0.25) is 0 Å². The van der Waals surface area contributed by atoms with E-state index in [2.05, 4.69) is 0 Å². The summed E-state index contributed by atoms with van der Waals surface area (Å²) in [5, 5.41) is 10.6. The molecule has 0 bridgehead atoms. The number of hydrogen-bond donors (Lipinski definition) is 1. The Morgan fingerprint density at radius 2 is 1.89 bits per heavy atom. The highest BCUT2D eigenvalue weighted by Crippen LogP contribution is 2.28. The number of benzene rings is 1. The molecule has 19 heavy (non-hydrogen) atoms. The second-order valence-corrected chi connectivity index (χ2v) is 4.56. The zero-order chi connectivity index (χ0) is 13.7. The van der Waals surface area contributed by atoms with E-state index in [0.717, 1.165) is 10.9 Å². The average molecular weight is 256 g/mol. The lowest BCUT2D eigenvalue weighted by Gasteiger charge is -2.03. The van der Waals surface area contributed by atoms with Crippen LogP contribution in [0.4, 0.5) is 0 Å². The highest BCUT2D eigenvalue weighted by atomic mass is 16.4. The van der Waals surface area contributed by atoms with E-state index < -0.39 is 5.97 Å². The third kappa shape index (κ3) is 1.41. The number of fused-ring (bicyclic) bond motifs is 3. The molecule has 96 valence electrons. The van der Waals surface area contributed by atoms with Crippen LogP contribution in [0.25, 0.3) is 21.8 Å². The maximum atomic E-state index is 12.2. The number of hydrogen-bond acceptors (Lipinski definition) is 2.